The number of aliphatic hydroxyl groups excluding tert-OH is 1. The lowest BCUT2D eigenvalue weighted by Crippen LogP contribution is -2.17. The van der Waals surface area contributed by atoms with Crippen LogP contribution in [-0.4, -0.2) is 43.5 Å². The summed E-state index contributed by atoms with van der Waals surface area (Å²) in [6.07, 6.45) is -0.966. The Labute approximate surface area is 108 Å². The van der Waals surface area contributed by atoms with Crippen molar-refractivity contribution in [2.75, 3.05) is 12.3 Å². The number of fused-ring (bicyclic) bond motifs is 1. The summed E-state index contributed by atoms with van der Waals surface area (Å²) in [6, 6.07) is 0. The summed E-state index contributed by atoms with van der Waals surface area (Å²) in [5.74, 6) is 0.743. The Bertz CT molecular complexity index is 616. The Morgan fingerprint density at radius 2 is 2.37 bits per heavy atom. The van der Waals surface area contributed by atoms with Gasteiger partial charge in [0.2, 0.25) is 0 Å². The van der Waals surface area contributed by atoms with Crippen LogP contribution in [0.1, 0.15) is 18.5 Å². The quantitative estimate of drug-likeness (QED) is 0.813. The van der Waals surface area contributed by atoms with Gasteiger partial charge in [0.1, 0.15) is 17.5 Å². The maximum absolute atomic E-state index is 14.0. The van der Waals surface area contributed by atoms with E-state index in [1.165, 1.54) is 10.9 Å². The number of ether oxygens (including phenoxy) is 1. The van der Waals surface area contributed by atoms with Gasteiger partial charge in [-0.3, -0.25) is 4.57 Å². The number of hydrogen-bond acceptors (Lipinski definition) is 6. The van der Waals surface area contributed by atoms with Gasteiger partial charge in [-0.15, -0.1) is 0 Å². The van der Waals surface area contributed by atoms with Crippen molar-refractivity contribution in [3.63, 3.8) is 0 Å². The highest BCUT2D eigenvalue weighted by atomic mass is 19.1. The lowest BCUT2D eigenvalue weighted by atomic mass is 10.2. The zero-order valence-corrected chi connectivity index (χ0v) is 10.3. The molecule has 1 saturated heterocycles. The highest BCUT2D eigenvalue weighted by Gasteiger charge is 2.37. The first-order valence-corrected chi connectivity index (χ1v) is 5.97. The van der Waals surface area contributed by atoms with Crippen LogP contribution in [0, 0.1) is 6.92 Å². The van der Waals surface area contributed by atoms with Crippen LogP contribution >= 0.6 is 0 Å². The molecule has 1 aliphatic rings. The standard InChI is InChI=1S/C11H14FN5O2/c1-5-15-9(13)8-10(16-5)17(4-14-8)11-7(12)2-6(3-18)19-11/h4,6-7,11,18H,2-3H2,1H3,(H2,13,15,16)/t6-,7-,11+/m0/s1. The molecule has 0 saturated carbocycles. The Morgan fingerprint density at radius 3 is 3.05 bits per heavy atom. The highest BCUT2D eigenvalue weighted by Crippen LogP contribution is 2.33. The van der Waals surface area contributed by atoms with Crippen molar-refractivity contribution < 1.29 is 14.2 Å². The molecule has 1 aliphatic heterocycles. The van der Waals surface area contributed by atoms with Crippen LogP contribution in [-0.2, 0) is 4.74 Å². The van der Waals surface area contributed by atoms with Crippen molar-refractivity contribution in [3.8, 4) is 0 Å². The van der Waals surface area contributed by atoms with E-state index in [0.29, 0.717) is 17.0 Å². The lowest BCUT2D eigenvalue weighted by molar-refractivity contribution is -0.0351. The zero-order valence-electron chi connectivity index (χ0n) is 10.3. The van der Waals surface area contributed by atoms with Crippen molar-refractivity contribution >= 4 is 17.0 Å². The maximum atomic E-state index is 14.0. The molecule has 0 aliphatic carbocycles. The molecular weight excluding hydrogens is 253 g/mol. The Morgan fingerprint density at radius 1 is 1.58 bits per heavy atom. The first-order valence-electron chi connectivity index (χ1n) is 5.97. The average molecular weight is 267 g/mol. The molecule has 0 bridgehead atoms. The number of nitrogens with two attached hydrogens (primary N) is 1. The van der Waals surface area contributed by atoms with E-state index in [1.807, 2.05) is 0 Å². The summed E-state index contributed by atoms with van der Waals surface area (Å²) in [5, 5.41) is 9.04. The van der Waals surface area contributed by atoms with E-state index in [-0.39, 0.29) is 18.8 Å². The van der Waals surface area contributed by atoms with E-state index < -0.39 is 18.5 Å². The normalized spacial score (nSPS) is 27.2. The minimum absolute atomic E-state index is 0.153. The zero-order chi connectivity index (χ0) is 13.6. The van der Waals surface area contributed by atoms with Crippen molar-refractivity contribution in [1.82, 2.24) is 19.5 Å². The number of anilines is 1. The fourth-order valence-corrected chi connectivity index (χ4v) is 2.30. The van der Waals surface area contributed by atoms with E-state index in [9.17, 15) is 4.39 Å². The molecule has 1 fully saturated rings. The average Bonchev–Trinajstić information content (AvgIpc) is 2.92. The molecule has 7 nitrogen and oxygen atoms in total. The number of imidazole rings is 1. The fourth-order valence-electron chi connectivity index (χ4n) is 2.30. The van der Waals surface area contributed by atoms with E-state index in [4.69, 9.17) is 15.6 Å². The van der Waals surface area contributed by atoms with Crippen molar-refractivity contribution in [3.05, 3.63) is 12.2 Å². The van der Waals surface area contributed by atoms with Crippen molar-refractivity contribution in [2.24, 2.45) is 0 Å². The number of aliphatic hydroxyl groups is 1. The van der Waals surface area contributed by atoms with Gasteiger partial charge in [0.05, 0.1) is 19.0 Å². The number of alkyl halides is 1. The predicted molar refractivity (Wildman–Crippen MR) is 65.0 cm³/mol. The molecule has 0 spiro atoms. The summed E-state index contributed by atoms with van der Waals surface area (Å²) in [4.78, 5) is 12.3. The molecule has 3 atom stereocenters. The predicted octanol–water partition coefficient (Wildman–Crippen LogP) is 0.335. The van der Waals surface area contributed by atoms with Crippen LogP contribution in [0.15, 0.2) is 6.33 Å². The van der Waals surface area contributed by atoms with Gasteiger partial charge in [0, 0.05) is 6.42 Å². The molecule has 3 rings (SSSR count). The third-order valence-electron chi connectivity index (χ3n) is 3.17. The number of aryl methyl sites for hydroxylation is 1. The van der Waals surface area contributed by atoms with E-state index in [2.05, 4.69) is 15.0 Å². The third-order valence-corrected chi connectivity index (χ3v) is 3.17. The smallest absolute Gasteiger partial charge is 0.168 e. The van der Waals surface area contributed by atoms with Gasteiger partial charge in [-0.05, 0) is 6.92 Å². The molecule has 2 aromatic rings. The molecule has 2 aromatic heterocycles. The number of nitrogens with zero attached hydrogens (tertiary/aromatic N) is 4. The number of hydrogen-bond donors (Lipinski definition) is 2. The summed E-state index contributed by atoms with van der Waals surface area (Å²) in [7, 11) is 0. The monoisotopic (exact) mass is 267 g/mol. The van der Waals surface area contributed by atoms with Gasteiger partial charge in [-0.2, -0.15) is 0 Å². The molecule has 0 radical (unpaired) electrons. The van der Waals surface area contributed by atoms with Crippen LogP contribution in [0.3, 0.4) is 0 Å². The second kappa shape index (κ2) is 4.39. The van der Waals surface area contributed by atoms with Crippen LogP contribution in [0.25, 0.3) is 11.2 Å². The Hall–Kier alpha value is -1.80. The van der Waals surface area contributed by atoms with Gasteiger partial charge in [0.15, 0.2) is 17.7 Å². The molecule has 3 heterocycles. The second-order valence-corrected chi connectivity index (χ2v) is 4.56. The molecule has 19 heavy (non-hydrogen) atoms. The molecule has 102 valence electrons. The minimum atomic E-state index is -1.22. The summed E-state index contributed by atoms with van der Waals surface area (Å²) < 4.78 is 20.9. The van der Waals surface area contributed by atoms with Gasteiger partial charge >= 0.3 is 0 Å². The topological polar surface area (TPSA) is 99.1 Å². The van der Waals surface area contributed by atoms with E-state index >= 15 is 0 Å². The van der Waals surface area contributed by atoms with Crippen LogP contribution in [0.4, 0.5) is 10.2 Å². The van der Waals surface area contributed by atoms with E-state index in [0.717, 1.165) is 0 Å². The molecule has 0 unspecified atom stereocenters. The first kappa shape index (κ1) is 12.2. The maximum Gasteiger partial charge on any atom is 0.168 e. The van der Waals surface area contributed by atoms with Crippen LogP contribution in [0.5, 0.6) is 0 Å². The van der Waals surface area contributed by atoms with Gasteiger partial charge in [-0.1, -0.05) is 0 Å². The van der Waals surface area contributed by atoms with Gasteiger partial charge in [0.25, 0.3) is 0 Å². The molecule has 3 N–H and O–H groups in total. The SMILES string of the molecule is Cc1nc(N)c2ncn([C@@H]3O[C@H](CO)C[C@@H]3F)c2n1. The van der Waals surface area contributed by atoms with Gasteiger partial charge in [-0.25, -0.2) is 19.3 Å². The number of rotatable bonds is 2. The lowest BCUT2D eigenvalue weighted by Gasteiger charge is -2.15. The van der Waals surface area contributed by atoms with Crippen molar-refractivity contribution in [1.29, 1.82) is 0 Å². The number of halogens is 1. The molecular formula is C11H14FN5O2. The molecule has 8 heteroatoms. The number of nitrogen functional groups attached to an aromatic ring is 1. The highest BCUT2D eigenvalue weighted by molar-refractivity contribution is 5.81. The van der Waals surface area contributed by atoms with E-state index in [1.54, 1.807) is 6.92 Å². The third kappa shape index (κ3) is 1.92. The summed E-state index contributed by atoms with van der Waals surface area (Å²) >= 11 is 0. The fraction of sp³-hybridized carbons (Fsp3) is 0.545. The van der Waals surface area contributed by atoms with Gasteiger partial charge < -0.3 is 15.6 Å². The number of aromatic nitrogens is 4. The Kier molecular flexibility index (Phi) is 2.83. The molecule has 0 aromatic carbocycles. The summed E-state index contributed by atoms with van der Waals surface area (Å²) in [6.45, 7) is 1.49. The second-order valence-electron chi connectivity index (χ2n) is 4.56. The largest absolute Gasteiger partial charge is 0.394 e. The Balaban J connectivity index is 2.06. The minimum Gasteiger partial charge on any atom is -0.394 e. The van der Waals surface area contributed by atoms with Crippen LogP contribution < -0.4 is 5.73 Å². The molecule has 0 amide bonds. The first-order chi connectivity index (χ1) is 9.10. The summed E-state index contributed by atoms with van der Waals surface area (Å²) in [5.41, 5.74) is 6.62. The van der Waals surface area contributed by atoms with Crippen LogP contribution in [0.2, 0.25) is 0 Å². The van der Waals surface area contributed by atoms with Crippen molar-refractivity contribution in [2.45, 2.75) is 31.8 Å².